The van der Waals surface area contributed by atoms with Gasteiger partial charge in [-0.05, 0) is 42.6 Å². The van der Waals surface area contributed by atoms with E-state index in [1.54, 1.807) is 42.7 Å². The third-order valence-electron chi connectivity index (χ3n) is 4.29. The lowest BCUT2D eigenvalue weighted by Crippen LogP contribution is -2.27. The Labute approximate surface area is 146 Å². The second-order valence-electron chi connectivity index (χ2n) is 5.87. The summed E-state index contributed by atoms with van der Waals surface area (Å²) >= 11 is 6.05. The van der Waals surface area contributed by atoms with Crippen LogP contribution in [-0.4, -0.2) is 48.4 Å². The molecule has 1 N–H and O–H groups in total. The predicted octanol–water partition coefficient (Wildman–Crippen LogP) is 2.63. The van der Waals surface area contributed by atoms with E-state index in [1.165, 1.54) is 0 Å². The quantitative estimate of drug-likeness (QED) is 0.824. The number of rotatable bonds is 5. The highest BCUT2D eigenvalue weighted by Crippen LogP contribution is 2.25. The van der Waals surface area contributed by atoms with E-state index in [0.29, 0.717) is 10.5 Å². The third kappa shape index (κ3) is 3.55. The van der Waals surface area contributed by atoms with Crippen LogP contribution in [0.1, 0.15) is 12.8 Å². The standard InChI is InChI=1S/C17H19ClN2O3S/c18-17-16-11-15(5-4-13(16)6-7-19-17)24(22,23)10-2-9-20-8-1-3-14(20)12-21/h2,4-7,9,11,14,21H,1,3,8,10,12H2/t14-/m1/s1. The first-order valence-corrected chi connectivity index (χ1v) is 9.84. The lowest BCUT2D eigenvalue weighted by atomic mass is 10.2. The maximum atomic E-state index is 12.5. The van der Waals surface area contributed by atoms with E-state index in [0.717, 1.165) is 24.8 Å². The number of nitrogens with zero attached hydrogens (tertiary/aromatic N) is 2. The molecular weight excluding hydrogens is 348 g/mol. The first-order chi connectivity index (χ1) is 11.5. The van der Waals surface area contributed by atoms with E-state index in [9.17, 15) is 13.5 Å². The van der Waals surface area contributed by atoms with Gasteiger partial charge < -0.3 is 10.0 Å². The molecule has 2 heterocycles. The Morgan fingerprint density at radius 2 is 2.21 bits per heavy atom. The van der Waals surface area contributed by atoms with Crippen molar-refractivity contribution >= 4 is 32.2 Å². The van der Waals surface area contributed by atoms with E-state index >= 15 is 0 Å². The fourth-order valence-electron chi connectivity index (χ4n) is 2.96. The third-order valence-corrected chi connectivity index (χ3v) is 6.20. The average Bonchev–Trinajstić information content (AvgIpc) is 3.02. The minimum atomic E-state index is -3.45. The van der Waals surface area contributed by atoms with Gasteiger partial charge in [-0.25, -0.2) is 13.4 Å². The summed E-state index contributed by atoms with van der Waals surface area (Å²) in [6, 6.07) is 6.78. The molecule has 1 aliphatic rings. The van der Waals surface area contributed by atoms with Crippen LogP contribution >= 0.6 is 11.6 Å². The zero-order valence-electron chi connectivity index (χ0n) is 13.1. The Balaban J connectivity index is 1.79. The Morgan fingerprint density at radius 1 is 1.38 bits per heavy atom. The molecule has 1 saturated heterocycles. The number of hydrogen-bond acceptors (Lipinski definition) is 5. The van der Waals surface area contributed by atoms with Crippen molar-refractivity contribution in [3.05, 3.63) is 47.9 Å². The van der Waals surface area contributed by atoms with Crippen molar-refractivity contribution in [1.82, 2.24) is 9.88 Å². The maximum Gasteiger partial charge on any atom is 0.182 e. The van der Waals surface area contributed by atoms with Gasteiger partial charge in [0, 0.05) is 18.1 Å². The van der Waals surface area contributed by atoms with Gasteiger partial charge >= 0.3 is 0 Å². The van der Waals surface area contributed by atoms with Gasteiger partial charge in [0.05, 0.1) is 23.3 Å². The molecule has 128 valence electrons. The Morgan fingerprint density at radius 3 is 3.00 bits per heavy atom. The normalized spacial score (nSPS) is 18.8. The molecule has 0 unspecified atom stereocenters. The zero-order chi connectivity index (χ0) is 17.2. The topological polar surface area (TPSA) is 70.5 Å². The van der Waals surface area contributed by atoms with E-state index < -0.39 is 9.84 Å². The van der Waals surface area contributed by atoms with Crippen LogP contribution in [0.5, 0.6) is 0 Å². The van der Waals surface area contributed by atoms with Crippen LogP contribution in [0.2, 0.25) is 5.15 Å². The molecule has 1 aromatic carbocycles. The van der Waals surface area contributed by atoms with Crippen molar-refractivity contribution in [3.63, 3.8) is 0 Å². The Hall–Kier alpha value is -1.63. The van der Waals surface area contributed by atoms with Gasteiger partial charge in [0.25, 0.3) is 0 Å². The number of aromatic nitrogens is 1. The van der Waals surface area contributed by atoms with Crippen LogP contribution in [0.25, 0.3) is 10.8 Å². The monoisotopic (exact) mass is 366 g/mol. The summed E-state index contributed by atoms with van der Waals surface area (Å²) in [4.78, 5) is 6.22. The smallest absolute Gasteiger partial charge is 0.182 e. The van der Waals surface area contributed by atoms with Gasteiger partial charge in [-0.1, -0.05) is 23.7 Å². The molecule has 3 rings (SSSR count). The zero-order valence-corrected chi connectivity index (χ0v) is 14.7. The largest absolute Gasteiger partial charge is 0.394 e. The first kappa shape index (κ1) is 17.2. The fraction of sp³-hybridized carbons (Fsp3) is 0.353. The molecule has 0 radical (unpaired) electrons. The van der Waals surface area contributed by atoms with Gasteiger partial charge in [-0.2, -0.15) is 0 Å². The van der Waals surface area contributed by atoms with Crippen molar-refractivity contribution in [1.29, 1.82) is 0 Å². The summed E-state index contributed by atoms with van der Waals surface area (Å²) in [5.41, 5.74) is 0. The average molecular weight is 367 g/mol. The van der Waals surface area contributed by atoms with Crippen LogP contribution in [0.15, 0.2) is 47.6 Å². The molecule has 0 bridgehead atoms. The molecule has 1 fully saturated rings. The van der Waals surface area contributed by atoms with Crippen LogP contribution in [0.3, 0.4) is 0 Å². The number of hydrogen-bond donors (Lipinski definition) is 1. The number of aliphatic hydroxyl groups excluding tert-OH is 1. The molecule has 1 atom stereocenters. The molecule has 0 aliphatic carbocycles. The molecule has 0 saturated carbocycles. The molecule has 5 nitrogen and oxygen atoms in total. The number of benzene rings is 1. The van der Waals surface area contributed by atoms with Gasteiger partial charge in [0.1, 0.15) is 5.15 Å². The van der Waals surface area contributed by atoms with Gasteiger partial charge in [0.2, 0.25) is 0 Å². The van der Waals surface area contributed by atoms with Crippen LogP contribution in [0.4, 0.5) is 0 Å². The van der Waals surface area contributed by atoms with E-state index in [4.69, 9.17) is 11.6 Å². The Kier molecular flexibility index (Phi) is 5.08. The number of pyridine rings is 1. The summed E-state index contributed by atoms with van der Waals surface area (Å²) < 4.78 is 25.1. The summed E-state index contributed by atoms with van der Waals surface area (Å²) in [6.07, 6.45) is 6.96. The number of fused-ring (bicyclic) bond motifs is 1. The lowest BCUT2D eigenvalue weighted by Gasteiger charge is -2.20. The highest BCUT2D eigenvalue weighted by atomic mass is 35.5. The molecule has 7 heteroatoms. The molecule has 24 heavy (non-hydrogen) atoms. The Bertz CT molecular complexity index is 867. The lowest BCUT2D eigenvalue weighted by molar-refractivity contribution is 0.196. The van der Waals surface area contributed by atoms with Crippen molar-refractivity contribution in [3.8, 4) is 0 Å². The van der Waals surface area contributed by atoms with Crippen molar-refractivity contribution in [2.75, 3.05) is 18.9 Å². The summed E-state index contributed by atoms with van der Waals surface area (Å²) in [6.45, 7) is 0.937. The highest BCUT2D eigenvalue weighted by Gasteiger charge is 2.21. The predicted molar refractivity (Wildman–Crippen MR) is 94.8 cm³/mol. The van der Waals surface area contributed by atoms with E-state index in [-0.39, 0.29) is 23.3 Å². The van der Waals surface area contributed by atoms with Crippen molar-refractivity contribution in [2.24, 2.45) is 0 Å². The van der Waals surface area contributed by atoms with Crippen LogP contribution < -0.4 is 0 Å². The molecule has 1 aliphatic heterocycles. The van der Waals surface area contributed by atoms with E-state index in [1.807, 2.05) is 4.90 Å². The fourth-order valence-corrected chi connectivity index (χ4v) is 4.28. The minimum absolute atomic E-state index is 0.0905. The van der Waals surface area contributed by atoms with Crippen LogP contribution in [0, 0.1) is 0 Å². The van der Waals surface area contributed by atoms with Crippen molar-refractivity contribution in [2.45, 2.75) is 23.8 Å². The molecule has 0 amide bonds. The summed E-state index contributed by atoms with van der Waals surface area (Å²) in [7, 11) is -3.45. The van der Waals surface area contributed by atoms with E-state index in [2.05, 4.69) is 4.98 Å². The second-order valence-corrected chi connectivity index (χ2v) is 8.26. The molecule has 1 aromatic heterocycles. The number of likely N-dealkylation sites (tertiary alicyclic amines) is 1. The number of sulfone groups is 1. The number of halogens is 1. The highest BCUT2D eigenvalue weighted by molar-refractivity contribution is 7.91. The first-order valence-electron chi connectivity index (χ1n) is 7.81. The van der Waals surface area contributed by atoms with Crippen LogP contribution in [-0.2, 0) is 9.84 Å². The second kappa shape index (κ2) is 7.09. The van der Waals surface area contributed by atoms with Crippen molar-refractivity contribution < 1.29 is 13.5 Å². The molecule has 0 spiro atoms. The van der Waals surface area contributed by atoms with Gasteiger partial charge in [-0.15, -0.1) is 0 Å². The van der Waals surface area contributed by atoms with Gasteiger partial charge in [0.15, 0.2) is 9.84 Å². The SMILES string of the molecule is O=S(=O)(CC=CN1CCC[C@@H]1CO)c1ccc2ccnc(Cl)c2c1. The summed E-state index contributed by atoms with van der Waals surface area (Å²) in [5, 5.41) is 11.1. The summed E-state index contributed by atoms with van der Waals surface area (Å²) in [5.74, 6) is -0.0922. The van der Waals surface area contributed by atoms with Gasteiger partial charge in [-0.3, -0.25) is 0 Å². The molecular formula is C17H19ClN2O3S. The maximum absolute atomic E-state index is 12.5. The number of aliphatic hydroxyl groups is 1. The molecule has 2 aromatic rings. The minimum Gasteiger partial charge on any atom is -0.394 e.